The third-order valence-corrected chi connectivity index (χ3v) is 6.48. The quantitative estimate of drug-likeness (QED) is 0.575. The first-order chi connectivity index (χ1) is 13.5. The van der Waals surface area contributed by atoms with Gasteiger partial charge in [-0.15, -0.1) is 0 Å². The summed E-state index contributed by atoms with van der Waals surface area (Å²) < 4.78 is 13.0. The Morgan fingerprint density at radius 1 is 0.929 bits per heavy atom. The number of thioether (sulfide) groups is 1. The lowest BCUT2D eigenvalue weighted by Crippen LogP contribution is -2.29. The summed E-state index contributed by atoms with van der Waals surface area (Å²) in [5.41, 5.74) is 5.15. The van der Waals surface area contributed by atoms with E-state index in [1.165, 1.54) is 23.9 Å². The number of nitrogens with one attached hydrogen (secondary N) is 2. The van der Waals surface area contributed by atoms with Crippen molar-refractivity contribution in [1.29, 1.82) is 0 Å². The maximum absolute atomic E-state index is 13.9. The highest BCUT2D eigenvalue weighted by Gasteiger charge is 2.48. The lowest BCUT2D eigenvalue weighted by molar-refractivity contribution is -0.116. The number of benzene rings is 3. The van der Waals surface area contributed by atoms with E-state index in [0.717, 1.165) is 27.4 Å². The van der Waals surface area contributed by atoms with Gasteiger partial charge < -0.3 is 10.6 Å². The van der Waals surface area contributed by atoms with Crippen molar-refractivity contribution in [2.75, 3.05) is 10.6 Å². The number of carbonyl (C=O) groups excluding carboxylic acids is 1. The SMILES string of the molecule is Cc1ccc2c(c1)SC1(C=C(c3cccc(F)c3)N2)C(=O)Nc2ccccc21. The van der Waals surface area contributed by atoms with Gasteiger partial charge in [-0.2, -0.15) is 0 Å². The summed E-state index contributed by atoms with van der Waals surface area (Å²) in [6.45, 7) is 2.03. The van der Waals surface area contributed by atoms with Gasteiger partial charge in [0.2, 0.25) is 5.91 Å². The molecular weight excluding hydrogens is 371 g/mol. The third kappa shape index (κ3) is 2.62. The first-order valence-corrected chi connectivity index (χ1v) is 9.83. The molecule has 2 N–H and O–H groups in total. The molecule has 28 heavy (non-hydrogen) atoms. The standard InChI is InChI=1S/C23H17FN2OS/c1-14-9-10-19-21(11-14)28-23(17-7-2-3-8-18(17)26-22(23)27)13-20(25-19)15-5-4-6-16(24)12-15/h2-13,25H,1H3,(H,26,27). The zero-order valence-electron chi connectivity index (χ0n) is 15.1. The molecule has 2 aliphatic rings. The van der Waals surface area contributed by atoms with Crippen molar-refractivity contribution in [3.8, 4) is 0 Å². The van der Waals surface area contributed by atoms with Crippen molar-refractivity contribution in [3.63, 3.8) is 0 Å². The van der Waals surface area contributed by atoms with Crippen LogP contribution in [-0.2, 0) is 9.54 Å². The number of halogens is 1. The topological polar surface area (TPSA) is 41.1 Å². The molecule has 0 fully saturated rings. The Kier molecular flexibility index (Phi) is 3.81. The number of anilines is 2. The molecule has 1 amide bonds. The van der Waals surface area contributed by atoms with Crippen molar-refractivity contribution >= 4 is 34.7 Å². The van der Waals surface area contributed by atoms with Crippen molar-refractivity contribution in [2.45, 2.75) is 16.6 Å². The first kappa shape index (κ1) is 17.1. The van der Waals surface area contributed by atoms with Crippen molar-refractivity contribution in [2.24, 2.45) is 0 Å². The van der Waals surface area contributed by atoms with Gasteiger partial charge in [0.25, 0.3) is 0 Å². The molecule has 1 unspecified atom stereocenters. The summed E-state index contributed by atoms with van der Waals surface area (Å²) in [6, 6.07) is 20.3. The fourth-order valence-corrected chi connectivity index (χ4v) is 5.14. The minimum Gasteiger partial charge on any atom is -0.354 e. The van der Waals surface area contributed by atoms with Crippen LogP contribution in [0.1, 0.15) is 16.7 Å². The van der Waals surface area contributed by atoms with E-state index >= 15 is 0 Å². The molecule has 2 aliphatic heterocycles. The molecule has 5 rings (SSSR count). The van der Waals surface area contributed by atoms with Crippen LogP contribution in [0.5, 0.6) is 0 Å². The van der Waals surface area contributed by atoms with Gasteiger partial charge in [0.05, 0.1) is 5.69 Å². The molecule has 1 spiro atoms. The first-order valence-electron chi connectivity index (χ1n) is 9.02. The van der Waals surface area contributed by atoms with Crippen LogP contribution in [0.3, 0.4) is 0 Å². The van der Waals surface area contributed by atoms with E-state index in [0.29, 0.717) is 11.3 Å². The Labute approximate surface area is 166 Å². The highest BCUT2D eigenvalue weighted by atomic mass is 32.2. The molecule has 0 aromatic heterocycles. The molecule has 5 heteroatoms. The predicted molar refractivity (Wildman–Crippen MR) is 112 cm³/mol. The monoisotopic (exact) mass is 388 g/mol. The van der Waals surface area contributed by atoms with Crippen LogP contribution in [0.15, 0.2) is 77.7 Å². The van der Waals surface area contributed by atoms with Gasteiger partial charge in [-0.3, -0.25) is 4.79 Å². The summed E-state index contributed by atoms with van der Waals surface area (Å²) in [7, 11) is 0. The van der Waals surface area contributed by atoms with E-state index < -0.39 is 4.75 Å². The predicted octanol–water partition coefficient (Wildman–Crippen LogP) is 5.54. The van der Waals surface area contributed by atoms with Crippen molar-refractivity contribution in [3.05, 3.63) is 95.3 Å². The number of para-hydroxylation sites is 1. The molecule has 3 aromatic carbocycles. The molecular formula is C23H17FN2OS. The van der Waals surface area contributed by atoms with Crippen LogP contribution in [0, 0.1) is 12.7 Å². The summed E-state index contributed by atoms with van der Waals surface area (Å²) in [6.07, 6.45) is 1.92. The fourth-order valence-electron chi connectivity index (χ4n) is 3.71. The zero-order valence-corrected chi connectivity index (χ0v) is 15.9. The van der Waals surface area contributed by atoms with Crippen LogP contribution in [0.25, 0.3) is 5.70 Å². The maximum Gasteiger partial charge on any atom is 0.249 e. The summed E-state index contributed by atoms with van der Waals surface area (Å²) >= 11 is 1.51. The lowest BCUT2D eigenvalue weighted by atomic mass is 9.96. The minimum absolute atomic E-state index is 0.0937. The van der Waals surface area contributed by atoms with E-state index in [9.17, 15) is 9.18 Å². The van der Waals surface area contributed by atoms with E-state index in [4.69, 9.17) is 0 Å². The average Bonchev–Trinajstić information content (AvgIpc) is 2.84. The summed E-state index contributed by atoms with van der Waals surface area (Å²) in [5, 5.41) is 6.43. The molecule has 3 nitrogen and oxygen atoms in total. The van der Waals surface area contributed by atoms with Crippen LogP contribution in [0.2, 0.25) is 0 Å². The fraction of sp³-hybridized carbons (Fsp3) is 0.0870. The number of fused-ring (bicyclic) bond motifs is 3. The molecule has 1 atom stereocenters. The Bertz CT molecular complexity index is 1160. The minimum atomic E-state index is -0.926. The Morgan fingerprint density at radius 2 is 1.79 bits per heavy atom. The van der Waals surface area contributed by atoms with E-state index in [-0.39, 0.29) is 11.7 Å². The van der Waals surface area contributed by atoms with Crippen LogP contribution in [0.4, 0.5) is 15.8 Å². The number of amides is 1. The molecule has 0 bridgehead atoms. The number of hydrogen-bond donors (Lipinski definition) is 2. The van der Waals surface area contributed by atoms with Crippen LogP contribution >= 0.6 is 11.8 Å². The van der Waals surface area contributed by atoms with Crippen molar-refractivity contribution in [1.82, 2.24) is 0 Å². The van der Waals surface area contributed by atoms with Gasteiger partial charge >= 0.3 is 0 Å². The molecule has 0 saturated heterocycles. The van der Waals surface area contributed by atoms with Gasteiger partial charge in [-0.05, 0) is 48.9 Å². The van der Waals surface area contributed by atoms with Crippen LogP contribution in [-0.4, -0.2) is 5.91 Å². The highest BCUT2D eigenvalue weighted by molar-refractivity contribution is 8.01. The molecule has 3 aromatic rings. The molecule has 0 aliphatic carbocycles. The summed E-state index contributed by atoms with van der Waals surface area (Å²) in [4.78, 5) is 14.2. The molecule has 2 heterocycles. The van der Waals surface area contributed by atoms with Gasteiger partial charge in [-0.25, -0.2) is 4.39 Å². The Morgan fingerprint density at radius 3 is 2.64 bits per heavy atom. The van der Waals surface area contributed by atoms with Crippen molar-refractivity contribution < 1.29 is 9.18 Å². The summed E-state index contributed by atoms with van der Waals surface area (Å²) in [5.74, 6) is -0.407. The van der Waals surface area contributed by atoms with E-state index in [1.807, 2.05) is 55.5 Å². The largest absolute Gasteiger partial charge is 0.354 e. The second kappa shape index (κ2) is 6.24. The number of carbonyl (C=O) groups is 1. The molecule has 138 valence electrons. The Hall–Kier alpha value is -3.05. The van der Waals surface area contributed by atoms with E-state index in [2.05, 4.69) is 16.7 Å². The lowest BCUT2D eigenvalue weighted by Gasteiger charge is -2.23. The van der Waals surface area contributed by atoms with Gasteiger partial charge in [0, 0.05) is 27.4 Å². The normalized spacial score (nSPS) is 19.9. The smallest absolute Gasteiger partial charge is 0.249 e. The van der Waals surface area contributed by atoms with E-state index in [1.54, 1.807) is 6.07 Å². The maximum atomic E-state index is 13.9. The third-order valence-electron chi connectivity index (χ3n) is 5.07. The van der Waals surface area contributed by atoms with Crippen LogP contribution < -0.4 is 10.6 Å². The number of hydrogen-bond acceptors (Lipinski definition) is 3. The second-order valence-electron chi connectivity index (χ2n) is 7.03. The highest BCUT2D eigenvalue weighted by Crippen LogP contribution is 2.54. The van der Waals surface area contributed by atoms with Gasteiger partial charge in [0.1, 0.15) is 10.6 Å². The molecule has 0 saturated carbocycles. The second-order valence-corrected chi connectivity index (χ2v) is 8.32. The number of aryl methyl sites for hydroxylation is 1. The van der Waals surface area contributed by atoms with Gasteiger partial charge in [0.15, 0.2) is 0 Å². The number of rotatable bonds is 1. The molecule has 0 radical (unpaired) electrons. The van der Waals surface area contributed by atoms with Gasteiger partial charge in [-0.1, -0.05) is 48.2 Å². The Balaban J connectivity index is 1.78. The average molecular weight is 388 g/mol. The zero-order chi connectivity index (χ0) is 19.3.